The second kappa shape index (κ2) is 11.6. The van der Waals surface area contributed by atoms with Crippen molar-refractivity contribution in [2.45, 2.75) is 24.7 Å². The predicted octanol–water partition coefficient (Wildman–Crippen LogP) is 14.2. The molecule has 2 atom stereocenters. The van der Waals surface area contributed by atoms with Gasteiger partial charge in [-0.15, -0.1) is 11.3 Å². The van der Waals surface area contributed by atoms with Crippen LogP contribution in [-0.4, -0.2) is 0 Å². The van der Waals surface area contributed by atoms with Crippen molar-refractivity contribution in [1.29, 1.82) is 0 Å². The van der Waals surface area contributed by atoms with Crippen LogP contribution in [0.2, 0.25) is 0 Å². The maximum Gasteiger partial charge on any atom is 0.0640 e. The largest absolute Gasteiger partial charge is 0.309 e. The number of fused-ring (bicyclic) bond motifs is 9. The predicted molar refractivity (Wildman–Crippen MR) is 229 cm³/mol. The highest BCUT2D eigenvalue weighted by Gasteiger charge is 2.42. The summed E-state index contributed by atoms with van der Waals surface area (Å²) in [4.78, 5) is 2.51. The summed E-state index contributed by atoms with van der Waals surface area (Å²) in [6.45, 7) is 4.79. The van der Waals surface area contributed by atoms with Gasteiger partial charge in [0.15, 0.2) is 0 Å². The second-order valence-corrected chi connectivity index (χ2v) is 16.2. The minimum absolute atomic E-state index is 0.249. The topological polar surface area (TPSA) is 3.24 Å². The Morgan fingerprint density at radius 1 is 0.389 bits per heavy atom. The van der Waals surface area contributed by atoms with Crippen LogP contribution in [0, 0.1) is 0 Å². The van der Waals surface area contributed by atoms with E-state index in [1.165, 1.54) is 81.5 Å². The van der Waals surface area contributed by atoms with Crippen molar-refractivity contribution >= 4 is 48.6 Å². The van der Waals surface area contributed by atoms with Gasteiger partial charge >= 0.3 is 0 Å². The van der Waals surface area contributed by atoms with Crippen LogP contribution in [0.15, 0.2) is 188 Å². The Kier molecular flexibility index (Phi) is 6.75. The molecule has 0 bridgehead atoms. The molecule has 11 rings (SSSR count). The van der Waals surface area contributed by atoms with Gasteiger partial charge in [0.05, 0.1) is 10.4 Å². The summed E-state index contributed by atoms with van der Waals surface area (Å²) >= 11 is 1.89. The third-order valence-electron chi connectivity index (χ3n) is 12.4. The molecule has 0 saturated carbocycles. The molecule has 0 spiro atoms. The molecule has 1 nitrogen and oxygen atoms in total. The summed E-state index contributed by atoms with van der Waals surface area (Å²) < 4.78 is 2.60. The highest BCUT2D eigenvalue weighted by Crippen LogP contribution is 2.56. The quantitative estimate of drug-likeness (QED) is 0.172. The number of benzene rings is 8. The Morgan fingerprint density at radius 2 is 0.852 bits per heavy atom. The zero-order valence-corrected chi connectivity index (χ0v) is 31.1. The molecule has 2 unspecified atom stereocenters. The van der Waals surface area contributed by atoms with Gasteiger partial charge in [0.1, 0.15) is 0 Å². The molecule has 54 heavy (non-hydrogen) atoms. The Morgan fingerprint density at radius 3 is 1.43 bits per heavy atom. The fraction of sp³-hybridized carbons (Fsp3) is 0.0769. The SMILES string of the molecule is CC1(c2ccccc2)c2ccccc2-c2cc(N(c3ccc4c(c3)-c3ccccc3C4(C)c3ccccc3)c3cccc4c3sc3ccccc34)ccc21. The van der Waals surface area contributed by atoms with Crippen LogP contribution in [-0.2, 0) is 10.8 Å². The third kappa shape index (κ3) is 4.26. The van der Waals surface area contributed by atoms with E-state index in [0.717, 1.165) is 11.4 Å². The number of hydrogen-bond donors (Lipinski definition) is 0. The molecule has 1 heterocycles. The molecular formula is C52H37NS. The van der Waals surface area contributed by atoms with E-state index in [2.05, 4.69) is 207 Å². The number of nitrogens with zero attached hydrogens (tertiary/aromatic N) is 1. The lowest BCUT2D eigenvalue weighted by Crippen LogP contribution is -2.22. The number of hydrogen-bond acceptors (Lipinski definition) is 2. The van der Waals surface area contributed by atoms with Crippen molar-refractivity contribution in [3.63, 3.8) is 0 Å². The van der Waals surface area contributed by atoms with E-state index in [4.69, 9.17) is 0 Å². The van der Waals surface area contributed by atoms with E-state index >= 15 is 0 Å². The second-order valence-electron chi connectivity index (χ2n) is 15.1. The van der Waals surface area contributed by atoms with Crippen molar-refractivity contribution < 1.29 is 0 Å². The highest BCUT2D eigenvalue weighted by molar-refractivity contribution is 7.26. The van der Waals surface area contributed by atoms with Gasteiger partial charge < -0.3 is 4.90 Å². The Labute approximate surface area is 320 Å². The van der Waals surface area contributed by atoms with Gasteiger partial charge in [0, 0.05) is 37.7 Å². The molecule has 1 aromatic heterocycles. The van der Waals surface area contributed by atoms with Crippen LogP contribution in [0.5, 0.6) is 0 Å². The highest BCUT2D eigenvalue weighted by atomic mass is 32.1. The molecule has 0 amide bonds. The summed E-state index contributed by atoms with van der Waals surface area (Å²) in [6, 6.07) is 70.0. The smallest absolute Gasteiger partial charge is 0.0640 e. The molecular weight excluding hydrogens is 671 g/mol. The summed E-state index contributed by atoms with van der Waals surface area (Å²) in [7, 11) is 0. The maximum atomic E-state index is 2.51. The van der Waals surface area contributed by atoms with Crippen LogP contribution < -0.4 is 4.90 Å². The number of rotatable bonds is 5. The zero-order valence-electron chi connectivity index (χ0n) is 30.3. The van der Waals surface area contributed by atoms with Crippen molar-refractivity contribution in [3.05, 3.63) is 221 Å². The molecule has 256 valence electrons. The molecule has 2 aliphatic carbocycles. The molecule has 0 aliphatic heterocycles. The average molecular weight is 708 g/mol. The third-order valence-corrected chi connectivity index (χ3v) is 13.6. The summed E-state index contributed by atoms with van der Waals surface area (Å²) in [5.41, 5.74) is 16.3. The first kappa shape index (κ1) is 31.3. The Hall–Kier alpha value is -6.22. The van der Waals surface area contributed by atoms with Gasteiger partial charge in [0.25, 0.3) is 0 Å². The Balaban J connectivity index is 1.17. The van der Waals surface area contributed by atoms with Crippen LogP contribution in [0.3, 0.4) is 0 Å². The van der Waals surface area contributed by atoms with Crippen LogP contribution in [0.25, 0.3) is 42.4 Å². The van der Waals surface area contributed by atoms with Gasteiger partial charge in [-0.05, 0) is 106 Å². The zero-order chi connectivity index (χ0) is 36.0. The minimum atomic E-state index is -0.249. The molecule has 0 fully saturated rings. The lowest BCUT2D eigenvalue weighted by atomic mass is 9.74. The van der Waals surface area contributed by atoms with Crippen LogP contribution in [0.1, 0.15) is 47.2 Å². The summed E-state index contributed by atoms with van der Waals surface area (Å²) in [6.07, 6.45) is 0. The summed E-state index contributed by atoms with van der Waals surface area (Å²) in [5.74, 6) is 0. The van der Waals surface area contributed by atoms with Crippen molar-refractivity contribution in [3.8, 4) is 22.3 Å². The molecule has 0 saturated heterocycles. The standard InChI is InChI=1S/C52H37NS/c1-51(34-16-5-3-6-17-34)44-24-12-9-20-38(44)42-32-36(28-30-46(42)51)53(48-26-15-23-41-40-22-11-14-27-49(40)54-50(41)48)37-29-31-47-43(33-37)39-21-10-13-25-45(39)52(47,2)35-18-7-4-8-19-35/h3-33H,1-2H3. The first-order valence-corrected chi connectivity index (χ1v) is 19.7. The minimum Gasteiger partial charge on any atom is -0.309 e. The van der Waals surface area contributed by atoms with E-state index in [1.54, 1.807) is 0 Å². The molecule has 2 aliphatic rings. The van der Waals surface area contributed by atoms with Gasteiger partial charge in [0.2, 0.25) is 0 Å². The Bertz CT molecular complexity index is 2780. The molecule has 2 heteroatoms. The van der Waals surface area contributed by atoms with Crippen molar-refractivity contribution in [2.24, 2.45) is 0 Å². The van der Waals surface area contributed by atoms with E-state index < -0.39 is 0 Å². The van der Waals surface area contributed by atoms with E-state index in [9.17, 15) is 0 Å². The lowest BCUT2D eigenvalue weighted by molar-refractivity contribution is 0.714. The lowest BCUT2D eigenvalue weighted by Gasteiger charge is -2.31. The molecule has 8 aromatic carbocycles. The van der Waals surface area contributed by atoms with Crippen LogP contribution >= 0.6 is 11.3 Å². The first-order valence-electron chi connectivity index (χ1n) is 18.9. The molecule has 0 N–H and O–H groups in total. The first-order chi connectivity index (χ1) is 26.5. The fourth-order valence-corrected chi connectivity index (χ4v) is 11.0. The van der Waals surface area contributed by atoms with E-state index in [1.807, 2.05) is 11.3 Å². The van der Waals surface area contributed by atoms with Gasteiger partial charge in [-0.3, -0.25) is 0 Å². The van der Waals surface area contributed by atoms with Crippen molar-refractivity contribution in [1.82, 2.24) is 0 Å². The normalized spacial score (nSPS) is 18.0. The average Bonchev–Trinajstić information content (AvgIpc) is 3.84. The van der Waals surface area contributed by atoms with Crippen molar-refractivity contribution in [2.75, 3.05) is 4.90 Å². The maximum absolute atomic E-state index is 2.51. The monoisotopic (exact) mass is 707 g/mol. The van der Waals surface area contributed by atoms with Gasteiger partial charge in [-0.2, -0.15) is 0 Å². The van der Waals surface area contributed by atoms with E-state index in [0.29, 0.717) is 0 Å². The number of thiophene rings is 1. The molecule has 0 radical (unpaired) electrons. The summed E-state index contributed by atoms with van der Waals surface area (Å²) in [5, 5.41) is 2.60. The fourth-order valence-electron chi connectivity index (χ4n) is 9.76. The van der Waals surface area contributed by atoms with Crippen LogP contribution in [0.4, 0.5) is 17.1 Å². The van der Waals surface area contributed by atoms with E-state index in [-0.39, 0.29) is 10.8 Å². The molecule has 9 aromatic rings. The van der Waals surface area contributed by atoms with Gasteiger partial charge in [-0.1, -0.05) is 152 Å². The number of anilines is 3. The van der Waals surface area contributed by atoms with Gasteiger partial charge in [-0.25, -0.2) is 0 Å².